The summed E-state index contributed by atoms with van der Waals surface area (Å²) in [6.07, 6.45) is 1.56. The molecule has 1 aliphatic rings. The molecule has 30 heavy (non-hydrogen) atoms. The summed E-state index contributed by atoms with van der Waals surface area (Å²) < 4.78 is 10.8. The predicted octanol–water partition coefficient (Wildman–Crippen LogP) is 4.02. The average molecular weight is 425 g/mol. The first-order valence-electron chi connectivity index (χ1n) is 9.56. The van der Waals surface area contributed by atoms with Crippen molar-refractivity contribution in [1.29, 1.82) is 0 Å². The smallest absolute Gasteiger partial charge is 0.254 e. The Morgan fingerprint density at radius 2 is 1.93 bits per heavy atom. The number of morpholine rings is 1. The van der Waals surface area contributed by atoms with Crippen LogP contribution in [0.4, 0.5) is 11.6 Å². The minimum absolute atomic E-state index is 0.0442. The molecule has 0 spiro atoms. The molecule has 2 heterocycles. The third-order valence-electron chi connectivity index (χ3n) is 4.78. The fraction of sp³-hybridized carbons (Fsp3) is 0.227. The minimum atomic E-state index is -0.0442. The van der Waals surface area contributed by atoms with E-state index in [9.17, 15) is 4.79 Å². The molecule has 3 aromatic rings. The fourth-order valence-corrected chi connectivity index (χ4v) is 3.42. The zero-order valence-electron chi connectivity index (χ0n) is 16.5. The summed E-state index contributed by atoms with van der Waals surface area (Å²) in [5, 5.41) is 3.62. The number of ether oxygens (including phenoxy) is 2. The van der Waals surface area contributed by atoms with Crippen LogP contribution >= 0.6 is 11.6 Å². The van der Waals surface area contributed by atoms with E-state index in [4.69, 9.17) is 21.1 Å². The first-order valence-corrected chi connectivity index (χ1v) is 9.93. The maximum absolute atomic E-state index is 12.7. The molecule has 4 rings (SSSR count). The number of methoxy groups -OCH3 is 1. The fourth-order valence-electron chi connectivity index (χ4n) is 3.22. The van der Waals surface area contributed by atoms with Crippen LogP contribution in [0, 0.1) is 0 Å². The highest BCUT2D eigenvalue weighted by atomic mass is 35.5. The van der Waals surface area contributed by atoms with Crippen LogP contribution in [0.2, 0.25) is 5.02 Å². The van der Waals surface area contributed by atoms with E-state index in [0.717, 1.165) is 5.56 Å². The number of carbonyl (C=O) groups excluding carboxylic acids is 1. The summed E-state index contributed by atoms with van der Waals surface area (Å²) in [4.78, 5) is 23.3. The molecule has 1 aliphatic heterocycles. The highest BCUT2D eigenvalue weighted by Gasteiger charge is 2.20. The van der Waals surface area contributed by atoms with Gasteiger partial charge in [0.25, 0.3) is 5.91 Å². The summed E-state index contributed by atoms with van der Waals surface area (Å²) in [5.74, 6) is 0.856. The monoisotopic (exact) mass is 424 g/mol. The number of amides is 1. The van der Waals surface area contributed by atoms with Crippen molar-refractivity contribution >= 4 is 29.1 Å². The van der Waals surface area contributed by atoms with E-state index in [1.807, 2.05) is 30.3 Å². The zero-order valence-corrected chi connectivity index (χ0v) is 17.2. The number of nitrogens with one attached hydrogen (secondary N) is 1. The lowest BCUT2D eigenvalue weighted by molar-refractivity contribution is 0.0302. The third-order valence-corrected chi connectivity index (χ3v) is 5.06. The number of benzene rings is 2. The molecule has 0 atom stereocenters. The second-order valence-electron chi connectivity index (χ2n) is 6.70. The minimum Gasteiger partial charge on any atom is -0.495 e. The molecule has 0 aliphatic carbocycles. The summed E-state index contributed by atoms with van der Waals surface area (Å²) in [7, 11) is 1.56. The van der Waals surface area contributed by atoms with Gasteiger partial charge in [-0.15, -0.1) is 0 Å². The second-order valence-corrected chi connectivity index (χ2v) is 7.11. The molecule has 1 fully saturated rings. The van der Waals surface area contributed by atoms with Gasteiger partial charge in [0.05, 0.1) is 42.9 Å². The largest absolute Gasteiger partial charge is 0.495 e. The molecule has 2 aromatic carbocycles. The zero-order chi connectivity index (χ0) is 20.9. The summed E-state index contributed by atoms with van der Waals surface area (Å²) in [6, 6.07) is 14.9. The van der Waals surface area contributed by atoms with Gasteiger partial charge in [0.2, 0.25) is 5.95 Å². The van der Waals surface area contributed by atoms with Gasteiger partial charge in [0.15, 0.2) is 0 Å². The lowest BCUT2D eigenvalue weighted by atomic mass is 10.1. The molecule has 1 N–H and O–H groups in total. The van der Waals surface area contributed by atoms with Gasteiger partial charge < -0.3 is 19.7 Å². The molecule has 0 saturated carbocycles. The molecule has 7 nitrogen and oxygen atoms in total. The molecule has 154 valence electrons. The average Bonchev–Trinajstić information content (AvgIpc) is 2.81. The van der Waals surface area contributed by atoms with Crippen molar-refractivity contribution < 1.29 is 14.3 Å². The second kappa shape index (κ2) is 9.11. The van der Waals surface area contributed by atoms with Gasteiger partial charge in [-0.05, 0) is 18.2 Å². The maximum Gasteiger partial charge on any atom is 0.254 e. The lowest BCUT2D eigenvalue weighted by Crippen LogP contribution is -2.40. The van der Waals surface area contributed by atoms with E-state index in [1.54, 1.807) is 36.4 Å². The Labute approximate surface area is 179 Å². The quantitative estimate of drug-likeness (QED) is 0.666. The van der Waals surface area contributed by atoms with Crippen molar-refractivity contribution in [3.63, 3.8) is 0 Å². The van der Waals surface area contributed by atoms with Crippen molar-refractivity contribution in [1.82, 2.24) is 14.9 Å². The van der Waals surface area contributed by atoms with Crippen LogP contribution in [0.5, 0.6) is 5.75 Å². The van der Waals surface area contributed by atoms with Crippen LogP contribution in [0.15, 0.2) is 54.7 Å². The van der Waals surface area contributed by atoms with Crippen LogP contribution in [0.3, 0.4) is 0 Å². The van der Waals surface area contributed by atoms with Crippen LogP contribution in [0.1, 0.15) is 10.4 Å². The normalized spacial score (nSPS) is 13.7. The van der Waals surface area contributed by atoms with Crippen molar-refractivity contribution in [2.75, 3.05) is 38.7 Å². The van der Waals surface area contributed by atoms with Gasteiger partial charge in [-0.1, -0.05) is 41.9 Å². The van der Waals surface area contributed by atoms with Gasteiger partial charge in [-0.2, -0.15) is 0 Å². The number of carbonyl (C=O) groups is 1. The molecule has 1 saturated heterocycles. The van der Waals surface area contributed by atoms with Crippen molar-refractivity contribution in [2.45, 2.75) is 0 Å². The Hall–Kier alpha value is -3.16. The van der Waals surface area contributed by atoms with Gasteiger partial charge in [-0.25, -0.2) is 9.97 Å². The molecule has 0 unspecified atom stereocenters. The highest BCUT2D eigenvalue weighted by Crippen LogP contribution is 2.31. The third kappa shape index (κ3) is 4.37. The molecular formula is C22H21ClN4O3. The number of hydrogen-bond donors (Lipinski definition) is 1. The molecule has 1 aromatic heterocycles. The number of aromatic nitrogens is 2. The maximum atomic E-state index is 12.7. The topological polar surface area (TPSA) is 76.6 Å². The number of anilines is 2. The molecular weight excluding hydrogens is 404 g/mol. The standard InChI is InChI=1S/C22H21ClN4O3/c1-29-19-13-16(21(28)27-9-11-30-12-10-27)7-8-18(19)25-22-24-14-17(23)20(26-22)15-5-3-2-4-6-15/h2-8,13-14H,9-12H2,1H3,(H,24,25,26). The van der Waals surface area contributed by atoms with E-state index in [1.165, 1.54) is 0 Å². The van der Waals surface area contributed by atoms with Gasteiger partial charge in [-0.3, -0.25) is 4.79 Å². The SMILES string of the molecule is COc1cc(C(=O)N2CCOCC2)ccc1Nc1ncc(Cl)c(-c2ccccc2)n1. The van der Waals surface area contributed by atoms with E-state index in [0.29, 0.717) is 60.0 Å². The van der Waals surface area contributed by atoms with E-state index in [2.05, 4.69) is 15.3 Å². The van der Waals surface area contributed by atoms with Crippen LogP contribution < -0.4 is 10.1 Å². The molecule has 0 radical (unpaired) electrons. The Morgan fingerprint density at radius 3 is 2.67 bits per heavy atom. The van der Waals surface area contributed by atoms with Crippen LogP contribution in [0.25, 0.3) is 11.3 Å². The molecule has 8 heteroatoms. The Balaban J connectivity index is 1.58. The van der Waals surface area contributed by atoms with E-state index >= 15 is 0 Å². The Bertz CT molecular complexity index is 1040. The Morgan fingerprint density at radius 1 is 1.17 bits per heavy atom. The molecule has 0 bridgehead atoms. The Kier molecular flexibility index (Phi) is 6.11. The van der Waals surface area contributed by atoms with Crippen LogP contribution in [-0.2, 0) is 4.74 Å². The number of rotatable bonds is 5. The van der Waals surface area contributed by atoms with Crippen molar-refractivity contribution in [2.24, 2.45) is 0 Å². The number of nitrogens with zero attached hydrogens (tertiary/aromatic N) is 3. The summed E-state index contributed by atoms with van der Waals surface area (Å²) >= 11 is 6.29. The summed E-state index contributed by atoms with van der Waals surface area (Å²) in [6.45, 7) is 2.28. The van der Waals surface area contributed by atoms with E-state index < -0.39 is 0 Å². The first-order chi connectivity index (χ1) is 14.7. The summed E-state index contributed by atoms with van der Waals surface area (Å²) in [5.41, 5.74) is 2.73. The molecule has 1 amide bonds. The highest BCUT2D eigenvalue weighted by molar-refractivity contribution is 6.32. The van der Waals surface area contributed by atoms with Gasteiger partial charge in [0.1, 0.15) is 5.75 Å². The van der Waals surface area contributed by atoms with Gasteiger partial charge >= 0.3 is 0 Å². The van der Waals surface area contributed by atoms with Crippen molar-refractivity contribution in [3.8, 4) is 17.0 Å². The van der Waals surface area contributed by atoms with Crippen molar-refractivity contribution in [3.05, 3.63) is 65.3 Å². The number of hydrogen-bond acceptors (Lipinski definition) is 6. The van der Waals surface area contributed by atoms with Crippen LogP contribution in [-0.4, -0.2) is 54.2 Å². The van der Waals surface area contributed by atoms with E-state index in [-0.39, 0.29) is 5.91 Å². The van der Waals surface area contributed by atoms with Gasteiger partial charge in [0, 0.05) is 24.2 Å². The first kappa shape index (κ1) is 20.1. The lowest BCUT2D eigenvalue weighted by Gasteiger charge is -2.27. The predicted molar refractivity (Wildman–Crippen MR) is 115 cm³/mol. The number of halogens is 1.